The van der Waals surface area contributed by atoms with Crippen molar-refractivity contribution < 1.29 is 9.50 Å². The van der Waals surface area contributed by atoms with Crippen LogP contribution in [0.2, 0.25) is 5.02 Å². The van der Waals surface area contributed by atoms with Gasteiger partial charge < -0.3 is 5.11 Å². The fourth-order valence-electron chi connectivity index (χ4n) is 1.79. The van der Waals surface area contributed by atoms with Crippen molar-refractivity contribution in [1.29, 1.82) is 0 Å². The molecule has 0 saturated heterocycles. The SMILES string of the molecule is CC(O)c1c(F)cccc1SCc1ccc(Cl)cc1. The Balaban J connectivity index is 2.15. The lowest BCUT2D eigenvalue weighted by Crippen LogP contribution is -1.98. The molecule has 0 aliphatic rings. The molecule has 0 radical (unpaired) electrons. The fraction of sp³-hybridized carbons (Fsp3) is 0.200. The molecule has 0 aromatic heterocycles. The second kappa shape index (κ2) is 6.42. The van der Waals surface area contributed by atoms with Gasteiger partial charge in [-0.3, -0.25) is 0 Å². The van der Waals surface area contributed by atoms with Gasteiger partial charge in [0.2, 0.25) is 0 Å². The van der Waals surface area contributed by atoms with Gasteiger partial charge in [0.1, 0.15) is 5.82 Å². The molecule has 0 heterocycles. The number of thioether (sulfide) groups is 1. The zero-order valence-electron chi connectivity index (χ0n) is 10.4. The number of aliphatic hydroxyl groups excluding tert-OH is 1. The van der Waals surface area contributed by atoms with Gasteiger partial charge in [-0.1, -0.05) is 29.8 Å². The molecule has 2 rings (SSSR count). The Morgan fingerprint density at radius 1 is 1.21 bits per heavy atom. The van der Waals surface area contributed by atoms with E-state index in [4.69, 9.17) is 11.6 Å². The van der Waals surface area contributed by atoms with Crippen LogP contribution in [0.15, 0.2) is 47.4 Å². The first-order chi connectivity index (χ1) is 9.08. The minimum atomic E-state index is -0.811. The Labute approximate surface area is 121 Å². The predicted octanol–water partition coefficient (Wildman–Crippen LogP) is 4.82. The monoisotopic (exact) mass is 296 g/mol. The van der Waals surface area contributed by atoms with Crippen LogP contribution in [0, 0.1) is 5.82 Å². The number of aliphatic hydroxyl groups is 1. The highest BCUT2D eigenvalue weighted by atomic mass is 35.5. The van der Waals surface area contributed by atoms with E-state index in [1.807, 2.05) is 30.3 Å². The average Bonchev–Trinajstić information content (AvgIpc) is 2.37. The molecule has 4 heteroatoms. The lowest BCUT2D eigenvalue weighted by Gasteiger charge is -2.12. The van der Waals surface area contributed by atoms with Crippen molar-refractivity contribution in [1.82, 2.24) is 0 Å². The topological polar surface area (TPSA) is 20.2 Å². The molecule has 1 atom stereocenters. The van der Waals surface area contributed by atoms with Gasteiger partial charge in [-0.2, -0.15) is 0 Å². The molecule has 2 aromatic carbocycles. The third-order valence-electron chi connectivity index (χ3n) is 2.74. The van der Waals surface area contributed by atoms with Gasteiger partial charge in [-0.05, 0) is 36.8 Å². The van der Waals surface area contributed by atoms with Crippen LogP contribution >= 0.6 is 23.4 Å². The van der Waals surface area contributed by atoms with Gasteiger partial charge in [0.15, 0.2) is 0 Å². The Hall–Kier alpha value is -1.03. The molecule has 1 unspecified atom stereocenters. The van der Waals surface area contributed by atoms with Crippen LogP contribution in [-0.4, -0.2) is 5.11 Å². The molecule has 19 heavy (non-hydrogen) atoms. The van der Waals surface area contributed by atoms with Crippen LogP contribution in [0.4, 0.5) is 4.39 Å². The Morgan fingerprint density at radius 2 is 1.89 bits per heavy atom. The number of benzene rings is 2. The van der Waals surface area contributed by atoms with E-state index >= 15 is 0 Å². The summed E-state index contributed by atoms with van der Waals surface area (Å²) < 4.78 is 13.7. The van der Waals surface area contributed by atoms with Crippen LogP contribution in [0.3, 0.4) is 0 Å². The second-order valence-electron chi connectivity index (χ2n) is 4.24. The van der Waals surface area contributed by atoms with E-state index in [2.05, 4.69) is 0 Å². The van der Waals surface area contributed by atoms with Crippen molar-refractivity contribution in [2.24, 2.45) is 0 Å². The fourth-order valence-corrected chi connectivity index (χ4v) is 3.03. The van der Waals surface area contributed by atoms with Crippen molar-refractivity contribution in [3.05, 3.63) is 64.4 Å². The molecular formula is C15H14ClFOS. The molecule has 0 spiro atoms. The van der Waals surface area contributed by atoms with Gasteiger partial charge >= 0.3 is 0 Å². The lowest BCUT2D eigenvalue weighted by atomic mass is 10.1. The summed E-state index contributed by atoms with van der Waals surface area (Å²) in [6.07, 6.45) is -0.811. The van der Waals surface area contributed by atoms with Crippen molar-refractivity contribution in [3.63, 3.8) is 0 Å². The third-order valence-corrected chi connectivity index (χ3v) is 4.13. The Bertz CT molecular complexity index is 555. The smallest absolute Gasteiger partial charge is 0.130 e. The minimum absolute atomic E-state index is 0.362. The lowest BCUT2D eigenvalue weighted by molar-refractivity contribution is 0.191. The predicted molar refractivity (Wildman–Crippen MR) is 78.0 cm³/mol. The molecule has 0 bridgehead atoms. The molecule has 0 amide bonds. The quantitative estimate of drug-likeness (QED) is 0.816. The van der Waals surface area contributed by atoms with Gasteiger partial charge in [0.05, 0.1) is 6.10 Å². The summed E-state index contributed by atoms with van der Waals surface area (Å²) in [7, 11) is 0. The highest BCUT2D eigenvalue weighted by molar-refractivity contribution is 7.98. The normalized spacial score (nSPS) is 12.4. The van der Waals surface area contributed by atoms with E-state index in [9.17, 15) is 9.50 Å². The van der Waals surface area contributed by atoms with Gasteiger partial charge in [-0.25, -0.2) is 4.39 Å². The Kier molecular flexibility index (Phi) is 4.86. The van der Waals surface area contributed by atoms with Crippen LogP contribution in [0.1, 0.15) is 24.2 Å². The second-order valence-corrected chi connectivity index (χ2v) is 5.70. The van der Waals surface area contributed by atoms with Crippen LogP contribution in [-0.2, 0) is 5.75 Å². The maximum Gasteiger partial charge on any atom is 0.130 e. The van der Waals surface area contributed by atoms with Crippen molar-refractivity contribution in [2.45, 2.75) is 23.7 Å². The first kappa shape index (κ1) is 14.4. The van der Waals surface area contributed by atoms with Crippen LogP contribution < -0.4 is 0 Å². The summed E-state index contributed by atoms with van der Waals surface area (Å²) in [6.45, 7) is 1.57. The van der Waals surface area contributed by atoms with E-state index in [1.165, 1.54) is 17.8 Å². The molecule has 0 aliphatic heterocycles. The van der Waals surface area contributed by atoms with Crippen molar-refractivity contribution >= 4 is 23.4 Å². The standard InChI is InChI=1S/C15H14ClFOS/c1-10(18)15-13(17)3-2-4-14(15)19-9-11-5-7-12(16)8-6-11/h2-8,10,18H,9H2,1H3. The summed E-state index contributed by atoms with van der Waals surface area (Å²) in [5.41, 5.74) is 1.47. The first-order valence-electron chi connectivity index (χ1n) is 5.91. The van der Waals surface area contributed by atoms with Gasteiger partial charge in [0.25, 0.3) is 0 Å². The minimum Gasteiger partial charge on any atom is -0.389 e. The zero-order valence-corrected chi connectivity index (χ0v) is 12.0. The van der Waals surface area contributed by atoms with Gasteiger partial charge in [0, 0.05) is 21.2 Å². The van der Waals surface area contributed by atoms with E-state index in [1.54, 1.807) is 13.0 Å². The maximum atomic E-state index is 13.7. The summed E-state index contributed by atoms with van der Waals surface area (Å²) in [5, 5.41) is 10.3. The summed E-state index contributed by atoms with van der Waals surface area (Å²) >= 11 is 7.33. The summed E-state index contributed by atoms with van der Waals surface area (Å²) in [6, 6.07) is 12.4. The molecule has 1 nitrogen and oxygen atoms in total. The average molecular weight is 297 g/mol. The molecule has 0 fully saturated rings. The van der Waals surface area contributed by atoms with Crippen LogP contribution in [0.5, 0.6) is 0 Å². The molecule has 0 aliphatic carbocycles. The highest BCUT2D eigenvalue weighted by Crippen LogP contribution is 2.31. The van der Waals surface area contributed by atoms with E-state index in [-0.39, 0.29) is 5.82 Å². The molecule has 2 aromatic rings. The maximum absolute atomic E-state index is 13.7. The highest BCUT2D eigenvalue weighted by Gasteiger charge is 2.13. The number of halogens is 2. The summed E-state index contributed by atoms with van der Waals surface area (Å²) in [5.74, 6) is 0.344. The molecular weight excluding hydrogens is 283 g/mol. The summed E-state index contributed by atoms with van der Waals surface area (Å²) in [4.78, 5) is 0.768. The number of rotatable bonds is 4. The molecule has 100 valence electrons. The van der Waals surface area contributed by atoms with E-state index in [0.29, 0.717) is 16.3 Å². The van der Waals surface area contributed by atoms with E-state index in [0.717, 1.165) is 10.5 Å². The van der Waals surface area contributed by atoms with Crippen molar-refractivity contribution in [2.75, 3.05) is 0 Å². The Morgan fingerprint density at radius 3 is 2.53 bits per heavy atom. The zero-order chi connectivity index (χ0) is 13.8. The number of hydrogen-bond acceptors (Lipinski definition) is 2. The largest absolute Gasteiger partial charge is 0.389 e. The molecule has 0 saturated carbocycles. The van der Waals surface area contributed by atoms with Crippen molar-refractivity contribution in [3.8, 4) is 0 Å². The number of hydrogen-bond donors (Lipinski definition) is 1. The van der Waals surface area contributed by atoms with Gasteiger partial charge in [-0.15, -0.1) is 11.8 Å². The van der Waals surface area contributed by atoms with E-state index < -0.39 is 6.10 Å². The first-order valence-corrected chi connectivity index (χ1v) is 7.28. The molecule has 1 N–H and O–H groups in total. The van der Waals surface area contributed by atoms with Crippen LogP contribution in [0.25, 0.3) is 0 Å². The third kappa shape index (κ3) is 3.72.